The Hall–Kier alpha value is -1.47. The van der Waals surface area contributed by atoms with Crippen LogP contribution in [0.4, 0.5) is 0 Å². The number of hydrogen-bond donors (Lipinski definition) is 1. The molecule has 0 radical (unpaired) electrons. The van der Waals surface area contributed by atoms with Gasteiger partial charge in [0.25, 0.3) is 0 Å². The third kappa shape index (κ3) is 3.24. The van der Waals surface area contributed by atoms with Crippen LogP contribution in [-0.2, 0) is 16.3 Å². The van der Waals surface area contributed by atoms with Crippen molar-refractivity contribution in [2.24, 2.45) is 5.73 Å². The molecule has 116 valence electrons. The molecule has 6 nitrogen and oxygen atoms in total. The van der Waals surface area contributed by atoms with Crippen molar-refractivity contribution in [3.8, 4) is 17.2 Å². The number of hydrogen-bond acceptors (Lipinski definition) is 6. The minimum absolute atomic E-state index is 0.0277. The Bertz CT molecular complexity index is 641. The van der Waals surface area contributed by atoms with Crippen LogP contribution in [0.15, 0.2) is 12.1 Å². The van der Waals surface area contributed by atoms with E-state index in [1.54, 1.807) is 6.07 Å². The van der Waals surface area contributed by atoms with Crippen molar-refractivity contribution in [1.82, 2.24) is 0 Å². The Labute approximate surface area is 124 Å². The van der Waals surface area contributed by atoms with E-state index in [-0.39, 0.29) is 30.4 Å². The maximum atomic E-state index is 11.5. The van der Waals surface area contributed by atoms with Crippen molar-refractivity contribution in [3.05, 3.63) is 17.7 Å². The molecule has 0 spiro atoms. The van der Waals surface area contributed by atoms with Crippen molar-refractivity contribution >= 4 is 9.84 Å². The van der Waals surface area contributed by atoms with E-state index in [4.69, 9.17) is 19.9 Å². The first-order chi connectivity index (χ1) is 9.93. The molecule has 0 amide bonds. The van der Waals surface area contributed by atoms with E-state index in [1.807, 2.05) is 13.0 Å². The zero-order valence-corrected chi connectivity index (χ0v) is 12.7. The molecule has 3 rings (SSSR count). The van der Waals surface area contributed by atoms with Gasteiger partial charge in [-0.2, -0.15) is 0 Å². The zero-order valence-electron chi connectivity index (χ0n) is 11.9. The smallest absolute Gasteiger partial charge is 0.231 e. The Kier molecular flexibility index (Phi) is 3.71. The van der Waals surface area contributed by atoms with Gasteiger partial charge in [-0.3, -0.25) is 0 Å². The monoisotopic (exact) mass is 313 g/mol. The van der Waals surface area contributed by atoms with Gasteiger partial charge in [0, 0.05) is 12.1 Å². The van der Waals surface area contributed by atoms with Crippen LogP contribution in [0.5, 0.6) is 17.2 Å². The average molecular weight is 313 g/mol. The molecule has 7 heteroatoms. The fraction of sp³-hybridized carbons (Fsp3) is 0.571. The summed E-state index contributed by atoms with van der Waals surface area (Å²) in [6.45, 7) is 2.10. The van der Waals surface area contributed by atoms with Gasteiger partial charge in [0.1, 0.15) is 11.9 Å². The molecule has 2 aliphatic rings. The number of sulfone groups is 1. The van der Waals surface area contributed by atoms with Crippen LogP contribution in [0.3, 0.4) is 0 Å². The van der Waals surface area contributed by atoms with E-state index in [0.717, 1.165) is 5.56 Å². The summed E-state index contributed by atoms with van der Waals surface area (Å²) in [7, 11) is -2.97. The Morgan fingerprint density at radius 1 is 1.38 bits per heavy atom. The van der Waals surface area contributed by atoms with Crippen LogP contribution in [0, 0.1) is 0 Å². The van der Waals surface area contributed by atoms with E-state index in [0.29, 0.717) is 30.1 Å². The van der Waals surface area contributed by atoms with E-state index in [9.17, 15) is 8.42 Å². The lowest BCUT2D eigenvalue weighted by Gasteiger charge is -2.17. The second-order valence-electron chi connectivity index (χ2n) is 5.64. The molecule has 0 saturated carbocycles. The molecule has 2 N–H and O–H groups in total. The number of nitrogens with two attached hydrogens (primary N) is 1. The average Bonchev–Trinajstić information content (AvgIpc) is 2.95. The van der Waals surface area contributed by atoms with Crippen LogP contribution >= 0.6 is 0 Å². The summed E-state index contributed by atoms with van der Waals surface area (Å²) in [6.07, 6.45) is 0.849. The van der Waals surface area contributed by atoms with Gasteiger partial charge in [-0.1, -0.05) is 0 Å². The van der Waals surface area contributed by atoms with Gasteiger partial charge in [-0.05, 0) is 31.4 Å². The zero-order chi connectivity index (χ0) is 15.0. The highest BCUT2D eigenvalue weighted by Gasteiger charge is 2.30. The largest absolute Gasteiger partial charge is 0.489 e. The minimum Gasteiger partial charge on any atom is -0.489 e. The van der Waals surface area contributed by atoms with Gasteiger partial charge in [-0.25, -0.2) is 8.42 Å². The minimum atomic E-state index is -2.97. The highest BCUT2D eigenvalue weighted by Crippen LogP contribution is 2.39. The van der Waals surface area contributed by atoms with E-state index in [1.165, 1.54) is 0 Å². The van der Waals surface area contributed by atoms with Crippen molar-refractivity contribution in [3.63, 3.8) is 0 Å². The Balaban J connectivity index is 1.86. The van der Waals surface area contributed by atoms with Crippen molar-refractivity contribution in [2.45, 2.75) is 31.9 Å². The van der Waals surface area contributed by atoms with Gasteiger partial charge in [0.2, 0.25) is 6.79 Å². The lowest BCUT2D eigenvalue weighted by Crippen LogP contribution is -2.21. The topological polar surface area (TPSA) is 87.9 Å². The molecule has 1 aromatic carbocycles. The molecule has 2 heterocycles. The first-order valence-electron chi connectivity index (χ1n) is 6.98. The van der Waals surface area contributed by atoms with E-state index in [2.05, 4.69) is 0 Å². The van der Waals surface area contributed by atoms with Gasteiger partial charge in [-0.15, -0.1) is 0 Å². The molecular weight excluding hydrogens is 294 g/mol. The number of fused-ring (bicyclic) bond motifs is 1. The Morgan fingerprint density at radius 2 is 2.10 bits per heavy atom. The fourth-order valence-electron chi connectivity index (χ4n) is 2.61. The molecule has 2 unspecified atom stereocenters. The Morgan fingerprint density at radius 3 is 2.71 bits per heavy atom. The van der Waals surface area contributed by atoms with E-state index >= 15 is 0 Å². The predicted octanol–water partition coefficient (Wildman–Crippen LogP) is 0.871. The third-order valence-electron chi connectivity index (χ3n) is 3.58. The first-order valence-corrected chi connectivity index (χ1v) is 8.80. The summed E-state index contributed by atoms with van der Waals surface area (Å²) in [5.74, 6) is 2.19. The number of rotatable bonds is 4. The van der Waals surface area contributed by atoms with Crippen LogP contribution in [-0.4, -0.2) is 38.9 Å². The number of benzene rings is 1. The summed E-state index contributed by atoms with van der Waals surface area (Å²) in [5.41, 5.74) is 6.78. The summed E-state index contributed by atoms with van der Waals surface area (Å²) in [4.78, 5) is 0. The van der Waals surface area contributed by atoms with Crippen LogP contribution in [0.25, 0.3) is 0 Å². The third-order valence-corrected chi connectivity index (χ3v) is 5.32. The molecule has 0 aromatic heterocycles. The first kappa shape index (κ1) is 14.5. The second kappa shape index (κ2) is 5.38. The molecule has 2 atom stereocenters. The number of ether oxygens (including phenoxy) is 3. The highest BCUT2D eigenvalue weighted by atomic mass is 32.2. The normalized spacial score (nSPS) is 24.0. The quantitative estimate of drug-likeness (QED) is 0.887. The molecule has 2 aliphatic heterocycles. The molecule has 1 fully saturated rings. The van der Waals surface area contributed by atoms with Crippen molar-refractivity contribution < 1.29 is 22.6 Å². The summed E-state index contributed by atoms with van der Waals surface area (Å²) >= 11 is 0. The standard InChI is InChI=1S/C14H19NO5S/c1-9(15)4-10-5-13-14(19-8-18-13)6-12(10)20-11-2-3-21(16,17)7-11/h5-6,9,11H,2-4,7-8,15H2,1H3. The van der Waals surface area contributed by atoms with Gasteiger partial charge in [0.05, 0.1) is 11.5 Å². The van der Waals surface area contributed by atoms with Gasteiger partial charge >= 0.3 is 0 Å². The molecule has 21 heavy (non-hydrogen) atoms. The molecule has 1 aromatic rings. The van der Waals surface area contributed by atoms with Crippen molar-refractivity contribution in [2.75, 3.05) is 18.3 Å². The lowest BCUT2D eigenvalue weighted by atomic mass is 10.1. The molecule has 1 saturated heterocycles. The van der Waals surface area contributed by atoms with Gasteiger partial charge in [0.15, 0.2) is 21.3 Å². The molecule has 0 bridgehead atoms. The lowest BCUT2D eigenvalue weighted by molar-refractivity contribution is 0.173. The summed E-state index contributed by atoms with van der Waals surface area (Å²) < 4.78 is 39.7. The summed E-state index contributed by atoms with van der Waals surface area (Å²) in [6, 6.07) is 3.61. The highest BCUT2D eigenvalue weighted by molar-refractivity contribution is 7.91. The second-order valence-corrected chi connectivity index (χ2v) is 7.87. The van der Waals surface area contributed by atoms with Gasteiger partial charge < -0.3 is 19.9 Å². The molecular formula is C14H19NO5S. The molecule has 0 aliphatic carbocycles. The van der Waals surface area contributed by atoms with Crippen LogP contribution < -0.4 is 19.9 Å². The maximum Gasteiger partial charge on any atom is 0.231 e. The SMILES string of the molecule is CC(N)Cc1cc2c(cc1OC1CCS(=O)(=O)C1)OCO2. The van der Waals surface area contributed by atoms with Crippen LogP contribution in [0.2, 0.25) is 0 Å². The van der Waals surface area contributed by atoms with Crippen molar-refractivity contribution in [1.29, 1.82) is 0 Å². The van der Waals surface area contributed by atoms with Crippen LogP contribution in [0.1, 0.15) is 18.9 Å². The maximum absolute atomic E-state index is 11.5. The summed E-state index contributed by atoms with van der Waals surface area (Å²) in [5, 5.41) is 0. The van der Waals surface area contributed by atoms with E-state index < -0.39 is 9.84 Å². The fourth-order valence-corrected chi connectivity index (χ4v) is 4.20. The predicted molar refractivity (Wildman–Crippen MR) is 77.6 cm³/mol.